The summed E-state index contributed by atoms with van der Waals surface area (Å²) >= 11 is 1.49. The Kier molecular flexibility index (Phi) is 7.18. The number of nitrogen functional groups attached to an aromatic ring is 1. The van der Waals surface area contributed by atoms with Gasteiger partial charge in [-0.1, -0.05) is 19.9 Å². The van der Waals surface area contributed by atoms with Crippen molar-refractivity contribution in [2.75, 3.05) is 18.8 Å². The Bertz CT molecular complexity index is 1160. The zero-order valence-corrected chi connectivity index (χ0v) is 18.6. The number of nitrogens with two attached hydrogens (primary N) is 1. The van der Waals surface area contributed by atoms with E-state index < -0.39 is 17.0 Å². The van der Waals surface area contributed by atoms with Crippen LogP contribution in [0, 0.1) is 0 Å². The largest absolute Gasteiger partial charge is 0.419 e. The molecule has 31 heavy (non-hydrogen) atoms. The maximum absolute atomic E-state index is 13.1. The maximum Gasteiger partial charge on any atom is 0.332 e. The summed E-state index contributed by atoms with van der Waals surface area (Å²) in [6, 6.07) is 3.79. The molecule has 3 rings (SSSR count). The van der Waals surface area contributed by atoms with E-state index in [2.05, 4.69) is 10.2 Å². The number of rotatable bonds is 10. The van der Waals surface area contributed by atoms with Crippen LogP contribution >= 0.6 is 11.3 Å². The van der Waals surface area contributed by atoms with Crippen LogP contribution < -0.4 is 17.0 Å². The molecule has 0 aliphatic carbocycles. The number of ketones is 1. The average Bonchev–Trinajstić information content (AvgIpc) is 3.42. The number of thiophene rings is 1. The molecule has 2 N–H and O–H groups in total. The lowest BCUT2D eigenvalue weighted by Crippen LogP contribution is -2.44. The van der Waals surface area contributed by atoms with Gasteiger partial charge >= 0.3 is 5.69 Å². The summed E-state index contributed by atoms with van der Waals surface area (Å²) in [5, 5.41) is 10.1. The Morgan fingerprint density at radius 2 is 2.03 bits per heavy atom. The van der Waals surface area contributed by atoms with Crippen LogP contribution in [0.1, 0.15) is 42.9 Å². The Morgan fingerprint density at radius 3 is 2.68 bits per heavy atom. The van der Waals surface area contributed by atoms with Gasteiger partial charge in [-0.15, -0.1) is 21.5 Å². The number of hydrogen-bond donors (Lipinski definition) is 1. The minimum Gasteiger partial charge on any atom is -0.419 e. The van der Waals surface area contributed by atoms with Gasteiger partial charge in [-0.05, 0) is 30.8 Å². The van der Waals surface area contributed by atoms with Crippen molar-refractivity contribution < 1.29 is 9.21 Å². The fraction of sp³-hybridized carbons (Fsp3) is 0.450. The van der Waals surface area contributed by atoms with E-state index in [9.17, 15) is 14.4 Å². The van der Waals surface area contributed by atoms with E-state index >= 15 is 0 Å². The highest BCUT2D eigenvalue weighted by Crippen LogP contribution is 2.23. The first-order valence-electron chi connectivity index (χ1n) is 10.1. The van der Waals surface area contributed by atoms with Crippen molar-refractivity contribution >= 4 is 22.9 Å². The number of carbonyl (C=O) groups excluding carboxylic acids is 1. The maximum atomic E-state index is 13.1. The van der Waals surface area contributed by atoms with Gasteiger partial charge in [-0.2, -0.15) is 0 Å². The highest BCUT2D eigenvalue weighted by atomic mass is 32.1. The molecule has 166 valence electrons. The highest BCUT2D eigenvalue weighted by Gasteiger charge is 2.24. The van der Waals surface area contributed by atoms with Gasteiger partial charge in [0.25, 0.3) is 11.4 Å². The molecule has 3 aromatic rings. The van der Waals surface area contributed by atoms with E-state index in [1.807, 2.05) is 36.3 Å². The van der Waals surface area contributed by atoms with Crippen LogP contribution in [0.5, 0.6) is 0 Å². The molecule has 0 atom stereocenters. The summed E-state index contributed by atoms with van der Waals surface area (Å²) < 4.78 is 7.92. The lowest BCUT2D eigenvalue weighted by Gasteiger charge is -2.20. The van der Waals surface area contributed by atoms with Gasteiger partial charge in [-0.25, -0.2) is 4.79 Å². The minimum atomic E-state index is -0.686. The SMILES string of the molecule is CCCN(CC(=O)c1c(N)n(CCC)c(=O)n(C)c1=O)Cc1nnc(-c2cccs2)o1. The molecule has 0 radical (unpaired) electrons. The monoisotopic (exact) mass is 446 g/mol. The van der Waals surface area contributed by atoms with Crippen LogP contribution in [0.3, 0.4) is 0 Å². The van der Waals surface area contributed by atoms with E-state index in [0.717, 1.165) is 15.9 Å². The molecule has 0 saturated heterocycles. The van der Waals surface area contributed by atoms with Gasteiger partial charge in [0, 0.05) is 13.6 Å². The van der Waals surface area contributed by atoms with Crippen molar-refractivity contribution in [1.82, 2.24) is 24.2 Å². The molecule has 0 aromatic carbocycles. The van der Waals surface area contributed by atoms with Crippen molar-refractivity contribution in [3.63, 3.8) is 0 Å². The third-order valence-corrected chi connectivity index (χ3v) is 5.63. The average molecular weight is 447 g/mol. The number of anilines is 1. The Labute approximate surface area is 182 Å². The quantitative estimate of drug-likeness (QED) is 0.466. The Hall–Kier alpha value is -3.05. The highest BCUT2D eigenvalue weighted by molar-refractivity contribution is 7.13. The lowest BCUT2D eigenvalue weighted by molar-refractivity contribution is 0.0917. The van der Waals surface area contributed by atoms with Crippen molar-refractivity contribution in [3.05, 3.63) is 49.8 Å². The molecule has 0 unspecified atom stereocenters. The fourth-order valence-electron chi connectivity index (χ4n) is 3.31. The molecule has 3 heterocycles. The number of hydrogen-bond acceptors (Lipinski definition) is 9. The second-order valence-electron chi connectivity index (χ2n) is 7.17. The number of nitrogens with zero attached hydrogens (tertiary/aromatic N) is 5. The third-order valence-electron chi connectivity index (χ3n) is 4.77. The molecule has 10 nitrogen and oxygen atoms in total. The second-order valence-corrected chi connectivity index (χ2v) is 8.12. The second kappa shape index (κ2) is 9.84. The molecule has 11 heteroatoms. The Balaban J connectivity index is 1.84. The van der Waals surface area contributed by atoms with Crippen molar-refractivity contribution in [2.45, 2.75) is 39.8 Å². The fourth-order valence-corrected chi connectivity index (χ4v) is 3.95. The first kappa shape index (κ1) is 22.6. The van der Waals surface area contributed by atoms with Crippen LogP contribution in [-0.2, 0) is 20.1 Å². The number of Topliss-reactive ketones (excluding diaryl/α,β-unsaturated/α-hetero) is 1. The normalized spacial score (nSPS) is 11.4. The van der Waals surface area contributed by atoms with Crippen LogP contribution in [-0.4, -0.2) is 43.1 Å². The molecule has 0 fully saturated rings. The molecule has 0 spiro atoms. The van der Waals surface area contributed by atoms with E-state index in [-0.39, 0.29) is 24.5 Å². The molecule has 0 amide bonds. The minimum absolute atomic E-state index is 0.0612. The smallest absolute Gasteiger partial charge is 0.332 e. The van der Waals surface area contributed by atoms with Crippen LogP contribution in [0.4, 0.5) is 5.82 Å². The molecule has 0 aliphatic rings. The predicted molar refractivity (Wildman–Crippen MR) is 118 cm³/mol. The zero-order valence-electron chi connectivity index (χ0n) is 17.8. The van der Waals surface area contributed by atoms with Crippen LogP contribution in [0.2, 0.25) is 0 Å². The van der Waals surface area contributed by atoms with E-state index in [1.54, 1.807) is 0 Å². The predicted octanol–water partition coefficient (Wildman–Crippen LogP) is 1.75. The molecular weight excluding hydrogens is 420 g/mol. The van der Waals surface area contributed by atoms with Gasteiger partial charge in [0.1, 0.15) is 11.4 Å². The molecule has 0 saturated carbocycles. The summed E-state index contributed by atoms with van der Waals surface area (Å²) in [5.74, 6) is 0.266. The standard InChI is InChI=1S/C20H26N6O4S/c1-4-8-25(12-15-22-23-18(30-15)14-7-6-10-31-14)11-13(27)16-17(21)26(9-5-2)20(29)24(3)19(16)28/h6-7,10H,4-5,8-9,11-12,21H2,1-3H3. The number of carbonyl (C=O) groups is 1. The molecule has 0 aliphatic heterocycles. The van der Waals surface area contributed by atoms with Gasteiger partial charge in [-0.3, -0.25) is 23.6 Å². The molecule has 3 aromatic heterocycles. The summed E-state index contributed by atoms with van der Waals surface area (Å²) in [4.78, 5) is 40.7. The van der Waals surface area contributed by atoms with Gasteiger partial charge in [0.15, 0.2) is 5.78 Å². The first-order valence-corrected chi connectivity index (χ1v) is 11.0. The van der Waals surface area contributed by atoms with Gasteiger partial charge in [0.2, 0.25) is 5.89 Å². The van der Waals surface area contributed by atoms with E-state index in [1.165, 1.54) is 23.0 Å². The van der Waals surface area contributed by atoms with E-state index in [4.69, 9.17) is 10.2 Å². The summed E-state index contributed by atoms with van der Waals surface area (Å²) in [7, 11) is 1.35. The van der Waals surface area contributed by atoms with Gasteiger partial charge < -0.3 is 10.2 Å². The van der Waals surface area contributed by atoms with Crippen LogP contribution in [0.25, 0.3) is 10.8 Å². The summed E-state index contributed by atoms with van der Waals surface area (Å²) in [5.41, 5.74) is 4.69. The van der Waals surface area contributed by atoms with Crippen molar-refractivity contribution in [1.29, 1.82) is 0 Å². The van der Waals surface area contributed by atoms with E-state index in [0.29, 0.717) is 31.3 Å². The number of aromatic nitrogens is 4. The van der Waals surface area contributed by atoms with Gasteiger partial charge in [0.05, 0.1) is 18.0 Å². The third kappa shape index (κ3) is 4.83. The molecule has 0 bridgehead atoms. The van der Waals surface area contributed by atoms with Crippen molar-refractivity contribution in [3.8, 4) is 10.8 Å². The summed E-state index contributed by atoms with van der Waals surface area (Å²) in [6.07, 6.45) is 1.42. The van der Waals surface area contributed by atoms with Crippen LogP contribution in [0.15, 0.2) is 31.5 Å². The Morgan fingerprint density at radius 1 is 1.26 bits per heavy atom. The lowest BCUT2D eigenvalue weighted by atomic mass is 10.1. The zero-order chi connectivity index (χ0) is 22.5. The summed E-state index contributed by atoms with van der Waals surface area (Å²) in [6.45, 7) is 4.97. The van der Waals surface area contributed by atoms with Crippen molar-refractivity contribution in [2.24, 2.45) is 7.05 Å². The topological polar surface area (TPSA) is 129 Å². The first-order chi connectivity index (χ1) is 14.9. The molecular formula is C20H26N6O4S.